The number of hydrogen-bond donors (Lipinski definition) is 1. The highest BCUT2D eigenvalue weighted by atomic mass is 32.1. The summed E-state index contributed by atoms with van der Waals surface area (Å²) in [4.78, 5) is 8.08. The van der Waals surface area contributed by atoms with Gasteiger partial charge in [0, 0.05) is 15.3 Å². The second kappa shape index (κ2) is 6.81. The number of hydrogen-bond acceptors (Lipinski definition) is 4. The van der Waals surface area contributed by atoms with Crippen molar-refractivity contribution in [2.75, 3.05) is 0 Å². The monoisotopic (exact) mass is 301 g/mol. The summed E-state index contributed by atoms with van der Waals surface area (Å²) in [6.45, 7) is 1.33. The van der Waals surface area contributed by atoms with Crippen molar-refractivity contribution in [3.05, 3.63) is 69.7 Å². The SMILES string of the molecule is c1ccc(CONCc2cc(-c3cccs3)cs2)cc1. The molecule has 0 aliphatic carbocycles. The van der Waals surface area contributed by atoms with Gasteiger partial charge in [-0.2, -0.15) is 5.48 Å². The maximum atomic E-state index is 5.48. The molecule has 0 amide bonds. The lowest BCUT2D eigenvalue weighted by Crippen LogP contribution is -2.12. The van der Waals surface area contributed by atoms with E-state index >= 15 is 0 Å². The molecule has 0 bridgehead atoms. The summed E-state index contributed by atoms with van der Waals surface area (Å²) < 4.78 is 0. The predicted molar refractivity (Wildman–Crippen MR) is 85.7 cm³/mol. The summed E-state index contributed by atoms with van der Waals surface area (Å²) in [5, 5.41) is 4.30. The zero-order chi connectivity index (χ0) is 13.6. The molecule has 0 saturated heterocycles. The van der Waals surface area contributed by atoms with Crippen LogP contribution in [0.2, 0.25) is 0 Å². The van der Waals surface area contributed by atoms with Crippen LogP contribution >= 0.6 is 22.7 Å². The molecule has 2 nitrogen and oxygen atoms in total. The highest BCUT2D eigenvalue weighted by Crippen LogP contribution is 2.29. The average Bonchev–Trinajstić information content (AvgIpc) is 3.15. The van der Waals surface area contributed by atoms with E-state index in [0.29, 0.717) is 6.61 Å². The van der Waals surface area contributed by atoms with Crippen LogP contribution in [0.1, 0.15) is 10.4 Å². The van der Waals surface area contributed by atoms with Crippen LogP contribution in [-0.2, 0) is 18.0 Å². The standard InChI is InChI=1S/C16H15NOS2/c1-2-5-13(6-3-1)11-18-17-10-15-9-14(12-20-15)16-7-4-8-19-16/h1-9,12,17H,10-11H2. The molecule has 0 atom stereocenters. The van der Waals surface area contributed by atoms with Crippen LogP contribution in [0.5, 0.6) is 0 Å². The van der Waals surface area contributed by atoms with Gasteiger partial charge in [0.15, 0.2) is 0 Å². The Kier molecular flexibility index (Phi) is 4.61. The number of nitrogens with one attached hydrogen (secondary N) is 1. The molecule has 0 saturated carbocycles. The van der Waals surface area contributed by atoms with E-state index in [0.717, 1.165) is 6.54 Å². The van der Waals surface area contributed by atoms with Crippen molar-refractivity contribution < 1.29 is 4.84 Å². The summed E-state index contributed by atoms with van der Waals surface area (Å²) in [5.74, 6) is 0. The number of hydroxylamine groups is 1. The smallest absolute Gasteiger partial charge is 0.0933 e. The lowest BCUT2D eigenvalue weighted by molar-refractivity contribution is 0.0240. The Morgan fingerprint density at radius 3 is 2.70 bits per heavy atom. The normalized spacial score (nSPS) is 10.8. The molecular weight excluding hydrogens is 286 g/mol. The van der Waals surface area contributed by atoms with Crippen LogP contribution in [0, 0.1) is 0 Å². The summed E-state index contributed by atoms with van der Waals surface area (Å²) in [7, 11) is 0. The zero-order valence-corrected chi connectivity index (χ0v) is 12.5. The van der Waals surface area contributed by atoms with Gasteiger partial charge >= 0.3 is 0 Å². The molecule has 1 N–H and O–H groups in total. The van der Waals surface area contributed by atoms with Gasteiger partial charge in [-0.1, -0.05) is 36.4 Å². The first-order chi connectivity index (χ1) is 9.92. The first-order valence-corrected chi connectivity index (χ1v) is 8.17. The van der Waals surface area contributed by atoms with Crippen molar-refractivity contribution in [3.63, 3.8) is 0 Å². The van der Waals surface area contributed by atoms with Crippen molar-refractivity contribution >= 4 is 22.7 Å². The van der Waals surface area contributed by atoms with E-state index in [1.807, 2.05) is 18.2 Å². The van der Waals surface area contributed by atoms with Crippen molar-refractivity contribution in [2.45, 2.75) is 13.2 Å². The van der Waals surface area contributed by atoms with Crippen molar-refractivity contribution in [1.82, 2.24) is 5.48 Å². The predicted octanol–water partition coefficient (Wildman–Crippen LogP) is 4.70. The lowest BCUT2D eigenvalue weighted by atomic mass is 10.2. The molecule has 20 heavy (non-hydrogen) atoms. The molecule has 3 rings (SSSR count). The molecule has 0 unspecified atom stereocenters. The number of benzene rings is 1. The second-order valence-electron chi connectivity index (χ2n) is 4.37. The Balaban J connectivity index is 1.47. The van der Waals surface area contributed by atoms with Crippen LogP contribution in [0.15, 0.2) is 59.3 Å². The minimum absolute atomic E-state index is 0.587. The Labute approximate surface area is 126 Å². The van der Waals surface area contributed by atoms with Crippen LogP contribution in [0.25, 0.3) is 10.4 Å². The third kappa shape index (κ3) is 3.55. The van der Waals surface area contributed by atoms with Gasteiger partial charge in [0.1, 0.15) is 0 Å². The fraction of sp³-hybridized carbons (Fsp3) is 0.125. The topological polar surface area (TPSA) is 21.3 Å². The highest BCUT2D eigenvalue weighted by molar-refractivity contribution is 7.14. The van der Waals surface area contributed by atoms with Gasteiger partial charge in [-0.15, -0.1) is 22.7 Å². The minimum Gasteiger partial charge on any atom is -0.297 e. The summed E-state index contributed by atoms with van der Waals surface area (Å²) in [6.07, 6.45) is 0. The van der Waals surface area contributed by atoms with Gasteiger partial charge in [-0.05, 0) is 28.5 Å². The molecular formula is C16H15NOS2. The van der Waals surface area contributed by atoms with E-state index in [4.69, 9.17) is 4.84 Å². The molecule has 102 valence electrons. The first-order valence-electron chi connectivity index (χ1n) is 6.42. The third-order valence-corrected chi connectivity index (χ3v) is 4.75. The fourth-order valence-electron chi connectivity index (χ4n) is 1.88. The summed E-state index contributed by atoms with van der Waals surface area (Å²) >= 11 is 3.53. The van der Waals surface area contributed by atoms with Crippen LogP contribution in [0.4, 0.5) is 0 Å². The molecule has 0 aliphatic rings. The van der Waals surface area contributed by atoms with Crippen LogP contribution < -0.4 is 5.48 Å². The molecule has 0 radical (unpaired) electrons. The first kappa shape index (κ1) is 13.5. The molecule has 1 aromatic carbocycles. The van der Waals surface area contributed by atoms with E-state index in [9.17, 15) is 0 Å². The van der Waals surface area contributed by atoms with Gasteiger partial charge in [0.05, 0.1) is 13.2 Å². The van der Waals surface area contributed by atoms with Crippen LogP contribution in [-0.4, -0.2) is 0 Å². The van der Waals surface area contributed by atoms with E-state index in [1.54, 1.807) is 22.7 Å². The number of rotatable bonds is 6. The molecule has 4 heteroatoms. The highest BCUT2D eigenvalue weighted by Gasteiger charge is 2.03. The van der Waals surface area contributed by atoms with E-state index in [2.05, 4.69) is 46.6 Å². The molecule has 0 aliphatic heterocycles. The van der Waals surface area contributed by atoms with E-state index < -0.39 is 0 Å². The van der Waals surface area contributed by atoms with Crippen molar-refractivity contribution in [1.29, 1.82) is 0 Å². The second-order valence-corrected chi connectivity index (χ2v) is 6.32. The quantitative estimate of drug-likeness (QED) is 0.526. The van der Waals surface area contributed by atoms with E-state index in [1.165, 1.54) is 20.9 Å². The summed E-state index contributed by atoms with van der Waals surface area (Å²) in [6, 6.07) is 16.6. The van der Waals surface area contributed by atoms with E-state index in [-0.39, 0.29) is 0 Å². The Bertz CT molecular complexity index is 632. The zero-order valence-electron chi connectivity index (χ0n) is 10.9. The Morgan fingerprint density at radius 2 is 1.90 bits per heavy atom. The molecule has 0 spiro atoms. The van der Waals surface area contributed by atoms with Gasteiger partial charge in [0.25, 0.3) is 0 Å². The third-order valence-electron chi connectivity index (χ3n) is 2.89. The maximum Gasteiger partial charge on any atom is 0.0933 e. The molecule has 2 aromatic heterocycles. The fourth-order valence-corrected chi connectivity index (χ4v) is 3.48. The van der Waals surface area contributed by atoms with Crippen LogP contribution in [0.3, 0.4) is 0 Å². The Morgan fingerprint density at radius 1 is 1.00 bits per heavy atom. The molecule has 3 aromatic rings. The maximum absolute atomic E-state index is 5.48. The number of thiophene rings is 2. The van der Waals surface area contributed by atoms with Crippen molar-refractivity contribution in [2.24, 2.45) is 0 Å². The largest absolute Gasteiger partial charge is 0.297 e. The molecule has 0 fully saturated rings. The molecule has 2 heterocycles. The average molecular weight is 301 g/mol. The van der Waals surface area contributed by atoms with Crippen molar-refractivity contribution in [3.8, 4) is 10.4 Å². The van der Waals surface area contributed by atoms with Gasteiger partial charge < -0.3 is 0 Å². The van der Waals surface area contributed by atoms with Gasteiger partial charge in [0.2, 0.25) is 0 Å². The van der Waals surface area contributed by atoms with Gasteiger partial charge in [-0.3, -0.25) is 4.84 Å². The summed E-state index contributed by atoms with van der Waals surface area (Å²) in [5.41, 5.74) is 5.49. The van der Waals surface area contributed by atoms with Gasteiger partial charge in [-0.25, -0.2) is 0 Å². The lowest BCUT2D eigenvalue weighted by Gasteiger charge is -2.04. The minimum atomic E-state index is 0.587. The Hall–Kier alpha value is -1.46.